The molecule has 0 aliphatic carbocycles. The predicted octanol–water partition coefficient (Wildman–Crippen LogP) is 4.53. The van der Waals surface area contributed by atoms with Crippen LogP contribution in [-0.4, -0.2) is 16.1 Å². The van der Waals surface area contributed by atoms with E-state index in [1.807, 2.05) is 0 Å². The van der Waals surface area contributed by atoms with E-state index in [9.17, 15) is 18.0 Å². The van der Waals surface area contributed by atoms with Crippen molar-refractivity contribution in [3.8, 4) is 16.9 Å². The van der Waals surface area contributed by atoms with Crippen LogP contribution in [0.3, 0.4) is 0 Å². The molecular formula is C16H8BrF3N2O. The first-order chi connectivity index (χ1) is 11.0. The minimum atomic E-state index is -0.789. The molecule has 3 nitrogen and oxygen atoms in total. The van der Waals surface area contributed by atoms with Gasteiger partial charge in [-0.05, 0) is 40.2 Å². The standard InChI is InChI=1S/C16H8BrF3N2O/c17-16-13(8-23)15(12-3-1-2-4-14(12)20)21-22(16)11-6-9(18)5-10(19)7-11/h1-8H. The molecule has 0 N–H and O–H groups in total. The molecule has 116 valence electrons. The van der Waals surface area contributed by atoms with Crippen molar-refractivity contribution in [3.63, 3.8) is 0 Å². The average molecular weight is 381 g/mol. The van der Waals surface area contributed by atoms with Crippen LogP contribution in [0.4, 0.5) is 13.2 Å². The maximum absolute atomic E-state index is 14.0. The van der Waals surface area contributed by atoms with Crippen LogP contribution in [0.5, 0.6) is 0 Å². The minimum Gasteiger partial charge on any atom is -0.298 e. The van der Waals surface area contributed by atoms with Crippen LogP contribution in [-0.2, 0) is 0 Å². The van der Waals surface area contributed by atoms with Gasteiger partial charge in [-0.2, -0.15) is 5.10 Å². The van der Waals surface area contributed by atoms with E-state index in [0.717, 1.165) is 22.9 Å². The molecule has 1 aromatic heterocycles. The molecule has 23 heavy (non-hydrogen) atoms. The number of hydrogen-bond donors (Lipinski definition) is 0. The molecule has 0 aliphatic rings. The largest absolute Gasteiger partial charge is 0.298 e. The van der Waals surface area contributed by atoms with Crippen LogP contribution in [0.15, 0.2) is 47.1 Å². The molecular weight excluding hydrogens is 373 g/mol. The molecule has 0 saturated carbocycles. The zero-order valence-corrected chi connectivity index (χ0v) is 13.0. The molecule has 0 bridgehead atoms. The molecule has 1 heterocycles. The Bertz CT molecular complexity index is 888. The smallest absolute Gasteiger partial charge is 0.155 e. The van der Waals surface area contributed by atoms with Crippen molar-refractivity contribution in [2.45, 2.75) is 0 Å². The van der Waals surface area contributed by atoms with Gasteiger partial charge in [0.25, 0.3) is 0 Å². The SMILES string of the molecule is O=Cc1c(-c2ccccc2F)nn(-c2cc(F)cc(F)c2)c1Br. The minimum absolute atomic E-state index is 0.0695. The molecule has 2 aromatic carbocycles. The Morgan fingerprint density at radius 1 is 1.04 bits per heavy atom. The first kappa shape index (κ1) is 15.5. The number of rotatable bonds is 3. The number of aldehydes is 1. The number of benzene rings is 2. The third-order valence-corrected chi connectivity index (χ3v) is 3.97. The fourth-order valence-electron chi connectivity index (χ4n) is 2.20. The number of hydrogen-bond acceptors (Lipinski definition) is 2. The van der Waals surface area contributed by atoms with Gasteiger partial charge in [0, 0.05) is 11.6 Å². The lowest BCUT2D eigenvalue weighted by molar-refractivity contribution is 0.112. The Kier molecular flexibility index (Phi) is 4.04. The summed E-state index contributed by atoms with van der Waals surface area (Å²) in [7, 11) is 0. The summed E-state index contributed by atoms with van der Waals surface area (Å²) in [4.78, 5) is 11.4. The number of aromatic nitrogens is 2. The van der Waals surface area contributed by atoms with Crippen LogP contribution in [0.2, 0.25) is 0 Å². The van der Waals surface area contributed by atoms with Gasteiger partial charge in [-0.15, -0.1) is 0 Å². The van der Waals surface area contributed by atoms with Crippen molar-refractivity contribution in [2.75, 3.05) is 0 Å². The Labute approximate surface area is 137 Å². The Morgan fingerprint density at radius 2 is 1.70 bits per heavy atom. The summed E-state index contributed by atoms with van der Waals surface area (Å²) in [5, 5.41) is 4.13. The highest BCUT2D eigenvalue weighted by molar-refractivity contribution is 9.10. The Hall–Kier alpha value is -2.41. The first-order valence-corrected chi connectivity index (χ1v) is 7.25. The molecule has 0 radical (unpaired) electrons. The van der Waals surface area contributed by atoms with Gasteiger partial charge in [-0.25, -0.2) is 17.9 Å². The van der Waals surface area contributed by atoms with E-state index < -0.39 is 17.5 Å². The highest BCUT2D eigenvalue weighted by Gasteiger charge is 2.20. The first-order valence-electron chi connectivity index (χ1n) is 6.46. The topological polar surface area (TPSA) is 34.9 Å². The highest BCUT2D eigenvalue weighted by Crippen LogP contribution is 2.31. The molecule has 3 aromatic rings. The third-order valence-electron chi connectivity index (χ3n) is 3.20. The van der Waals surface area contributed by atoms with Gasteiger partial charge in [0.15, 0.2) is 6.29 Å². The normalized spacial score (nSPS) is 10.8. The van der Waals surface area contributed by atoms with E-state index in [2.05, 4.69) is 21.0 Å². The van der Waals surface area contributed by atoms with Gasteiger partial charge in [0.1, 0.15) is 27.7 Å². The van der Waals surface area contributed by atoms with Crippen LogP contribution >= 0.6 is 15.9 Å². The Balaban J connectivity index is 2.25. The average Bonchev–Trinajstić information content (AvgIpc) is 2.83. The van der Waals surface area contributed by atoms with E-state index in [1.54, 1.807) is 6.07 Å². The van der Waals surface area contributed by atoms with E-state index in [4.69, 9.17) is 0 Å². The van der Waals surface area contributed by atoms with Gasteiger partial charge in [0.05, 0.1) is 11.3 Å². The summed E-state index contributed by atoms with van der Waals surface area (Å²) in [5.74, 6) is -2.14. The quantitative estimate of drug-likeness (QED) is 0.625. The fourth-order valence-corrected chi connectivity index (χ4v) is 2.76. The summed E-state index contributed by atoms with van der Waals surface area (Å²) in [6.07, 6.45) is 0.505. The van der Waals surface area contributed by atoms with E-state index in [0.29, 0.717) is 6.29 Å². The van der Waals surface area contributed by atoms with Gasteiger partial charge < -0.3 is 0 Å². The van der Waals surface area contributed by atoms with Gasteiger partial charge in [-0.3, -0.25) is 4.79 Å². The zero-order valence-electron chi connectivity index (χ0n) is 11.4. The van der Waals surface area contributed by atoms with Crippen LogP contribution in [0, 0.1) is 17.5 Å². The molecule has 7 heteroatoms. The zero-order chi connectivity index (χ0) is 16.6. The molecule has 0 saturated heterocycles. The fraction of sp³-hybridized carbons (Fsp3) is 0. The molecule has 0 atom stereocenters. The molecule has 3 rings (SSSR count). The second-order valence-electron chi connectivity index (χ2n) is 4.69. The highest BCUT2D eigenvalue weighted by atomic mass is 79.9. The molecule has 0 fully saturated rings. The monoisotopic (exact) mass is 380 g/mol. The van der Waals surface area contributed by atoms with Crippen LogP contribution in [0.1, 0.15) is 10.4 Å². The Morgan fingerprint density at radius 3 is 2.30 bits per heavy atom. The molecule has 0 amide bonds. The maximum Gasteiger partial charge on any atom is 0.155 e. The van der Waals surface area contributed by atoms with Crippen molar-refractivity contribution in [1.82, 2.24) is 9.78 Å². The van der Waals surface area contributed by atoms with E-state index in [-0.39, 0.29) is 27.1 Å². The number of carbonyl (C=O) groups is 1. The lowest BCUT2D eigenvalue weighted by atomic mass is 10.1. The van der Waals surface area contributed by atoms with Crippen LogP contribution in [0.25, 0.3) is 16.9 Å². The summed E-state index contributed by atoms with van der Waals surface area (Å²) >= 11 is 3.17. The third kappa shape index (κ3) is 2.79. The molecule has 0 spiro atoms. The lowest BCUT2D eigenvalue weighted by Crippen LogP contribution is -1.99. The van der Waals surface area contributed by atoms with Gasteiger partial charge in [0.2, 0.25) is 0 Å². The maximum atomic E-state index is 14.0. The van der Waals surface area contributed by atoms with Crippen molar-refractivity contribution >= 4 is 22.2 Å². The number of halogens is 4. The summed E-state index contributed by atoms with van der Waals surface area (Å²) < 4.78 is 42.1. The predicted molar refractivity (Wildman–Crippen MR) is 82.0 cm³/mol. The van der Waals surface area contributed by atoms with Gasteiger partial charge in [-0.1, -0.05) is 12.1 Å². The number of nitrogens with zero attached hydrogens (tertiary/aromatic N) is 2. The van der Waals surface area contributed by atoms with E-state index in [1.165, 1.54) is 18.2 Å². The van der Waals surface area contributed by atoms with Crippen molar-refractivity contribution in [3.05, 3.63) is 70.1 Å². The number of carbonyl (C=O) groups excluding carboxylic acids is 1. The van der Waals surface area contributed by atoms with E-state index >= 15 is 0 Å². The second-order valence-corrected chi connectivity index (χ2v) is 5.44. The summed E-state index contributed by atoms with van der Waals surface area (Å²) in [5.41, 5.74) is 0.348. The second kappa shape index (κ2) is 6.00. The van der Waals surface area contributed by atoms with Crippen LogP contribution < -0.4 is 0 Å². The van der Waals surface area contributed by atoms with Gasteiger partial charge >= 0.3 is 0 Å². The van der Waals surface area contributed by atoms with Crippen molar-refractivity contribution < 1.29 is 18.0 Å². The van der Waals surface area contributed by atoms with Crippen molar-refractivity contribution in [1.29, 1.82) is 0 Å². The summed E-state index contributed by atoms with van der Waals surface area (Å²) in [6.45, 7) is 0. The molecule has 0 aliphatic heterocycles. The summed E-state index contributed by atoms with van der Waals surface area (Å²) in [6, 6.07) is 8.64. The molecule has 0 unspecified atom stereocenters. The lowest BCUT2D eigenvalue weighted by Gasteiger charge is -2.04. The van der Waals surface area contributed by atoms with Crippen molar-refractivity contribution in [2.24, 2.45) is 0 Å².